The topological polar surface area (TPSA) is 70.7 Å². The van der Waals surface area contributed by atoms with E-state index in [1.165, 1.54) is 25.7 Å². The first-order valence-corrected chi connectivity index (χ1v) is 9.86. The Hall–Kier alpha value is -1.14. The van der Waals surface area contributed by atoms with Gasteiger partial charge in [-0.2, -0.15) is 0 Å². The van der Waals surface area contributed by atoms with Crippen molar-refractivity contribution in [3.05, 3.63) is 0 Å². The van der Waals surface area contributed by atoms with Crippen LogP contribution in [0.2, 0.25) is 0 Å². The van der Waals surface area contributed by atoms with E-state index in [-0.39, 0.29) is 30.2 Å². The minimum Gasteiger partial charge on any atom is -0.379 e. The Morgan fingerprint density at radius 2 is 1.60 bits per heavy atom. The van der Waals surface area contributed by atoms with Crippen LogP contribution in [0, 0.1) is 0 Å². The maximum atomic E-state index is 12.1. The van der Waals surface area contributed by atoms with Crippen LogP contribution in [0.25, 0.3) is 0 Å². The van der Waals surface area contributed by atoms with E-state index in [2.05, 4.69) is 29.4 Å². The molecule has 2 amide bonds. The summed E-state index contributed by atoms with van der Waals surface area (Å²) in [6.45, 7) is 8.15. The molecule has 2 aliphatic rings. The van der Waals surface area contributed by atoms with Crippen LogP contribution in [0.15, 0.2) is 0 Å². The van der Waals surface area contributed by atoms with Crippen molar-refractivity contribution >= 4 is 11.8 Å². The highest BCUT2D eigenvalue weighted by Gasteiger charge is 2.28. The molecule has 0 unspecified atom stereocenters. The first kappa shape index (κ1) is 20.2. The van der Waals surface area contributed by atoms with Crippen LogP contribution in [0.1, 0.15) is 65.2 Å². The van der Waals surface area contributed by atoms with Crippen LogP contribution in [-0.2, 0) is 14.3 Å². The third kappa shape index (κ3) is 7.32. The number of hydrogen-bond acceptors (Lipinski definition) is 4. The van der Waals surface area contributed by atoms with Crippen LogP contribution >= 0.6 is 0 Å². The lowest BCUT2D eigenvalue weighted by Gasteiger charge is -2.40. The summed E-state index contributed by atoms with van der Waals surface area (Å²) in [5, 5.41) is 6.09. The van der Waals surface area contributed by atoms with Gasteiger partial charge in [0.1, 0.15) is 0 Å². The molecule has 0 bridgehead atoms. The molecule has 0 aromatic carbocycles. The molecular weight excluding hydrogens is 318 g/mol. The van der Waals surface area contributed by atoms with Crippen molar-refractivity contribution in [3.63, 3.8) is 0 Å². The van der Waals surface area contributed by atoms with E-state index >= 15 is 0 Å². The molecule has 25 heavy (non-hydrogen) atoms. The number of carbonyl (C=O) groups excluding carboxylic acids is 2. The van der Waals surface area contributed by atoms with Crippen molar-refractivity contribution in [1.82, 2.24) is 15.5 Å². The van der Waals surface area contributed by atoms with Crippen LogP contribution < -0.4 is 10.6 Å². The minimum absolute atomic E-state index is 0.00879. The Morgan fingerprint density at radius 3 is 2.24 bits per heavy atom. The van der Waals surface area contributed by atoms with E-state index in [0.29, 0.717) is 12.6 Å². The predicted molar refractivity (Wildman–Crippen MR) is 98.3 cm³/mol. The van der Waals surface area contributed by atoms with Gasteiger partial charge in [-0.25, -0.2) is 0 Å². The van der Waals surface area contributed by atoms with Gasteiger partial charge in [0.05, 0.1) is 13.2 Å². The van der Waals surface area contributed by atoms with Crippen molar-refractivity contribution in [2.24, 2.45) is 0 Å². The first-order chi connectivity index (χ1) is 12.0. The summed E-state index contributed by atoms with van der Waals surface area (Å²) >= 11 is 0. The van der Waals surface area contributed by atoms with Gasteiger partial charge in [0.2, 0.25) is 11.8 Å². The number of rotatable bonds is 7. The van der Waals surface area contributed by atoms with Crippen molar-refractivity contribution in [1.29, 1.82) is 0 Å². The molecule has 2 rings (SSSR count). The zero-order valence-corrected chi connectivity index (χ0v) is 15.9. The molecule has 2 fully saturated rings. The summed E-state index contributed by atoms with van der Waals surface area (Å²) < 4.78 is 5.38. The predicted octanol–water partition coefficient (Wildman–Crippen LogP) is 1.83. The number of ether oxygens (including phenoxy) is 1. The molecule has 6 nitrogen and oxygen atoms in total. The Bertz CT molecular complexity index is 426. The monoisotopic (exact) mass is 353 g/mol. The van der Waals surface area contributed by atoms with Gasteiger partial charge in [-0.15, -0.1) is 0 Å². The highest BCUT2D eigenvalue weighted by atomic mass is 16.5. The third-order valence-electron chi connectivity index (χ3n) is 5.38. The molecule has 1 aliphatic heterocycles. The van der Waals surface area contributed by atoms with E-state index in [1.54, 1.807) is 0 Å². The summed E-state index contributed by atoms with van der Waals surface area (Å²) in [5.41, 5.74) is -0.0952. The number of morpholine rings is 1. The normalized spacial score (nSPS) is 20.7. The second-order valence-electron chi connectivity index (χ2n) is 7.94. The molecule has 1 aliphatic carbocycles. The minimum atomic E-state index is -0.0952. The maximum absolute atomic E-state index is 12.1. The third-order valence-corrected chi connectivity index (χ3v) is 5.38. The molecule has 0 atom stereocenters. The van der Waals surface area contributed by atoms with Crippen molar-refractivity contribution < 1.29 is 14.3 Å². The Morgan fingerprint density at radius 1 is 1.00 bits per heavy atom. The summed E-state index contributed by atoms with van der Waals surface area (Å²) in [4.78, 5) is 26.5. The van der Waals surface area contributed by atoms with Gasteiger partial charge in [-0.3, -0.25) is 14.5 Å². The lowest BCUT2D eigenvalue weighted by molar-refractivity contribution is -0.127. The van der Waals surface area contributed by atoms with Crippen LogP contribution in [0.4, 0.5) is 0 Å². The molecule has 1 heterocycles. The number of nitrogens with zero attached hydrogens (tertiary/aromatic N) is 1. The smallest absolute Gasteiger partial charge is 0.220 e. The molecule has 2 N–H and O–H groups in total. The Kier molecular flexibility index (Phi) is 8.16. The quantitative estimate of drug-likeness (QED) is 0.685. The van der Waals surface area contributed by atoms with Crippen LogP contribution in [-0.4, -0.2) is 61.1 Å². The molecule has 0 radical (unpaired) electrons. The molecule has 0 spiro atoms. The lowest BCUT2D eigenvalue weighted by Crippen LogP contribution is -2.55. The molecular formula is C19H35N3O3. The molecule has 1 saturated heterocycles. The van der Waals surface area contributed by atoms with Crippen molar-refractivity contribution in [2.75, 3.05) is 32.8 Å². The van der Waals surface area contributed by atoms with E-state index in [1.807, 2.05) is 0 Å². The van der Waals surface area contributed by atoms with Gasteiger partial charge >= 0.3 is 0 Å². The average molecular weight is 354 g/mol. The van der Waals surface area contributed by atoms with Gasteiger partial charge in [0.15, 0.2) is 0 Å². The standard InChI is InChI=1S/C19H35N3O3/c1-19(2,22-11-13-25-14-12-22)15-20-17(23)9-10-18(24)21-16-7-5-3-4-6-8-16/h16H,3-15H2,1-2H3,(H,20,23)(H,21,24). The summed E-state index contributed by atoms with van der Waals surface area (Å²) in [7, 11) is 0. The number of carbonyl (C=O) groups is 2. The molecule has 6 heteroatoms. The molecule has 0 aromatic heterocycles. The van der Waals surface area contributed by atoms with Gasteiger partial charge in [0.25, 0.3) is 0 Å². The fraction of sp³-hybridized carbons (Fsp3) is 0.895. The highest BCUT2D eigenvalue weighted by molar-refractivity contribution is 5.83. The second-order valence-corrected chi connectivity index (χ2v) is 7.94. The summed E-state index contributed by atoms with van der Waals surface area (Å²) in [6, 6.07) is 0.304. The highest BCUT2D eigenvalue weighted by Crippen LogP contribution is 2.17. The zero-order valence-electron chi connectivity index (χ0n) is 15.9. The SMILES string of the molecule is CC(C)(CNC(=O)CCC(=O)NC1CCCCCC1)N1CCOCC1. The maximum Gasteiger partial charge on any atom is 0.220 e. The Balaban J connectivity index is 1.63. The Labute approximate surface area is 152 Å². The number of nitrogens with one attached hydrogen (secondary N) is 2. The van der Waals surface area contributed by atoms with Gasteiger partial charge in [-0.1, -0.05) is 25.7 Å². The lowest BCUT2D eigenvalue weighted by atomic mass is 10.0. The molecule has 144 valence electrons. The zero-order chi connectivity index (χ0) is 18.1. The van der Waals surface area contributed by atoms with Crippen LogP contribution in [0.5, 0.6) is 0 Å². The van der Waals surface area contributed by atoms with Gasteiger partial charge in [0, 0.05) is 44.1 Å². The largest absolute Gasteiger partial charge is 0.379 e. The number of hydrogen-bond donors (Lipinski definition) is 2. The molecule has 0 aromatic rings. The van der Waals surface area contributed by atoms with E-state index < -0.39 is 0 Å². The van der Waals surface area contributed by atoms with Crippen molar-refractivity contribution in [2.45, 2.75) is 76.8 Å². The van der Waals surface area contributed by atoms with E-state index in [4.69, 9.17) is 4.74 Å². The van der Waals surface area contributed by atoms with Crippen LogP contribution in [0.3, 0.4) is 0 Å². The average Bonchev–Trinajstić information content (AvgIpc) is 2.88. The number of amides is 2. The van der Waals surface area contributed by atoms with E-state index in [0.717, 1.165) is 39.1 Å². The van der Waals surface area contributed by atoms with Gasteiger partial charge < -0.3 is 15.4 Å². The second kappa shape index (κ2) is 10.1. The summed E-state index contributed by atoms with van der Waals surface area (Å²) in [5.74, 6) is -0.0353. The first-order valence-electron chi connectivity index (χ1n) is 9.86. The summed E-state index contributed by atoms with van der Waals surface area (Å²) in [6.07, 6.45) is 7.63. The van der Waals surface area contributed by atoms with Gasteiger partial charge in [-0.05, 0) is 26.7 Å². The van der Waals surface area contributed by atoms with Crippen molar-refractivity contribution in [3.8, 4) is 0 Å². The molecule has 1 saturated carbocycles. The fourth-order valence-corrected chi connectivity index (χ4v) is 3.63. The fourth-order valence-electron chi connectivity index (χ4n) is 3.63. The van der Waals surface area contributed by atoms with E-state index in [9.17, 15) is 9.59 Å².